The van der Waals surface area contributed by atoms with Crippen LogP contribution in [0.4, 0.5) is 0 Å². The summed E-state index contributed by atoms with van der Waals surface area (Å²) in [4.78, 5) is 12.4. The summed E-state index contributed by atoms with van der Waals surface area (Å²) in [6, 6.07) is 6.71. The van der Waals surface area contributed by atoms with E-state index in [1.165, 1.54) is 4.31 Å². The van der Waals surface area contributed by atoms with Crippen LogP contribution in [0.1, 0.15) is 38.6 Å². The number of amides is 1. The van der Waals surface area contributed by atoms with Gasteiger partial charge >= 0.3 is 0 Å². The van der Waals surface area contributed by atoms with Crippen molar-refractivity contribution in [3.05, 3.63) is 40.4 Å². The number of rotatable bonds is 10. The molecule has 1 aromatic carbocycles. The first kappa shape index (κ1) is 22.3. The molecule has 154 valence electrons. The van der Waals surface area contributed by atoms with E-state index in [4.69, 9.17) is 12.2 Å². The summed E-state index contributed by atoms with van der Waals surface area (Å²) in [5.41, 5.74) is 0.907. The summed E-state index contributed by atoms with van der Waals surface area (Å²) in [5, 5.41) is 9.66. The number of carbonyl (C=O) groups excluding carboxylic acids is 1. The minimum absolute atomic E-state index is 0.101. The van der Waals surface area contributed by atoms with Crippen LogP contribution in [0.2, 0.25) is 0 Å². The van der Waals surface area contributed by atoms with Gasteiger partial charge in [0, 0.05) is 26.1 Å². The number of carbonyl (C=O) groups is 1. The number of aryl methyl sites for hydroxylation is 1. The first-order valence-corrected chi connectivity index (χ1v) is 11.2. The average molecular weight is 426 g/mol. The molecule has 0 aliphatic heterocycles. The summed E-state index contributed by atoms with van der Waals surface area (Å²) in [6.07, 6.45) is 0.831. The van der Waals surface area contributed by atoms with Crippen molar-refractivity contribution < 1.29 is 13.2 Å². The summed E-state index contributed by atoms with van der Waals surface area (Å²) < 4.78 is 28.8. The Kier molecular flexibility index (Phi) is 7.90. The molecule has 0 fully saturated rings. The standard InChI is InChI=1S/C18H27N5O3S2/c1-4-22(5-2)28(25,26)15-10-7-14(8-11-15)9-12-17(24)19-13-16-20-21-18(27)23(16)6-3/h7-8,10-11H,4-6,9,12-13H2,1-3H3,(H,19,24)(H,21,27). The highest BCUT2D eigenvalue weighted by molar-refractivity contribution is 7.89. The number of nitrogens with zero attached hydrogens (tertiary/aromatic N) is 3. The lowest BCUT2D eigenvalue weighted by Gasteiger charge is -2.18. The normalized spacial score (nSPS) is 11.7. The number of aromatic nitrogens is 3. The molecule has 2 aromatic rings. The predicted octanol–water partition coefficient (Wildman–Crippen LogP) is 2.24. The second kappa shape index (κ2) is 9.94. The van der Waals surface area contributed by atoms with Crippen LogP contribution in [0.15, 0.2) is 29.2 Å². The lowest BCUT2D eigenvalue weighted by molar-refractivity contribution is -0.121. The Morgan fingerprint density at radius 3 is 2.43 bits per heavy atom. The minimum atomic E-state index is -3.46. The summed E-state index contributed by atoms with van der Waals surface area (Å²) >= 11 is 5.12. The molecule has 2 rings (SSSR count). The zero-order chi connectivity index (χ0) is 20.7. The van der Waals surface area contributed by atoms with Crippen molar-refractivity contribution in [2.45, 2.75) is 51.6 Å². The van der Waals surface area contributed by atoms with Crippen LogP contribution >= 0.6 is 12.2 Å². The number of benzene rings is 1. The molecule has 0 atom stereocenters. The third-order valence-corrected chi connectivity index (χ3v) is 6.88. The Bertz CT molecular complexity index is 944. The van der Waals surface area contributed by atoms with Crippen molar-refractivity contribution in [2.24, 2.45) is 0 Å². The number of hydrogen-bond acceptors (Lipinski definition) is 5. The van der Waals surface area contributed by atoms with Crippen LogP contribution in [0.5, 0.6) is 0 Å². The van der Waals surface area contributed by atoms with E-state index in [1.54, 1.807) is 24.3 Å². The van der Waals surface area contributed by atoms with E-state index in [-0.39, 0.29) is 10.8 Å². The highest BCUT2D eigenvalue weighted by atomic mass is 32.2. The molecule has 0 aliphatic rings. The number of nitrogens with one attached hydrogen (secondary N) is 2. The fourth-order valence-electron chi connectivity index (χ4n) is 2.88. The van der Waals surface area contributed by atoms with Gasteiger partial charge in [-0.15, -0.1) is 0 Å². The van der Waals surface area contributed by atoms with E-state index in [2.05, 4.69) is 15.5 Å². The highest BCUT2D eigenvalue weighted by Crippen LogP contribution is 2.16. The number of H-pyrrole nitrogens is 1. The molecule has 8 nitrogen and oxygen atoms in total. The Morgan fingerprint density at radius 2 is 1.86 bits per heavy atom. The molecule has 2 N–H and O–H groups in total. The Labute approximate surface area is 171 Å². The Balaban J connectivity index is 1.90. The molecule has 0 spiro atoms. The number of sulfonamides is 1. The summed E-state index contributed by atoms with van der Waals surface area (Å²) in [7, 11) is -3.46. The van der Waals surface area contributed by atoms with E-state index < -0.39 is 10.0 Å². The van der Waals surface area contributed by atoms with Crippen molar-refractivity contribution in [3.8, 4) is 0 Å². The van der Waals surface area contributed by atoms with Crippen molar-refractivity contribution in [2.75, 3.05) is 13.1 Å². The van der Waals surface area contributed by atoms with E-state index in [0.717, 1.165) is 5.56 Å². The van der Waals surface area contributed by atoms with Gasteiger partial charge < -0.3 is 9.88 Å². The first-order chi connectivity index (χ1) is 13.3. The minimum Gasteiger partial charge on any atom is -0.349 e. The highest BCUT2D eigenvalue weighted by Gasteiger charge is 2.21. The maximum absolute atomic E-state index is 12.5. The summed E-state index contributed by atoms with van der Waals surface area (Å²) in [5.74, 6) is 0.586. The van der Waals surface area contributed by atoms with Crippen LogP contribution in [0.3, 0.4) is 0 Å². The maximum atomic E-state index is 12.5. The van der Waals surface area contributed by atoms with Crippen LogP contribution in [-0.2, 0) is 34.3 Å². The predicted molar refractivity (Wildman–Crippen MR) is 110 cm³/mol. The van der Waals surface area contributed by atoms with Crippen LogP contribution in [0, 0.1) is 4.77 Å². The second-order valence-corrected chi connectivity index (χ2v) is 8.52. The van der Waals surface area contributed by atoms with Crippen molar-refractivity contribution in [3.63, 3.8) is 0 Å². The SMILES string of the molecule is CCN(CC)S(=O)(=O)c1ccc(CCC(=O)NCc2n[nH]c(=S)n2CC)cc1. The van der Waals surface area contributed by atoms with Gasteiger partial charge in [0.1, 0.15) is 0 Å². The fraction of sp³-hybridized carbons (Fsp3) is 0.500. The molecule has 28 heavy (non-hydrogen) atoms. The van der Waals surface area contributed by atoms with E-state index in [0.29, 0.717) is 49.6 Å². The molecule has 1 amide bonds. The molecular formula is C18H27N5O3S2. The molecule has 10 heteroatoms. The topological polar surface area (TPSA) is 100 Å². The van der Waals surface area contributed by atoms with Gasteiger partial charge in [0.25, 0.3) is 0 Å². The van der Waals surface area contributed by atoms with E-state index in [9.17, 15) is 13.2 Å². The van der Waals surface area contributed by atoms with Crippen LogP contribution in [0.25, 0.3) is 0 Å². The Morgan fingerprint density at radius 1 is 1.21 bits per heavy atom. The lowest BCUT2D eigenvalue weighted by Crippen LogP contribution is -2.30. The molecule has 0 bridgehead atoms. The van der Waals surface area contributed by atoms with E-state index >= 15 is 0 Å². The van der Waals surface area contributed by atoms with Gasteiger partial charge in [0.05, 0.1) is 11.4 Å². The van der Waals surface area contributed by atoms with E-state index in [1.807, 2.05) is 25.3 Å². The largest absolute Gasteiger partial charge is 0.349 e. The quantitative estimate of drug-likeness (QED) is 0.569. The van der Waals surface area contributed by atoms with Gasteiger partial charge in [-0.1, -0.05) is 26.0 Å². The molecule has 0 unspecified atom stereocenters. The fourth-order valence-corrected chi connectivity index (χ4v) is 4.61. The van der Waals surface area contributed by atoms with Gasteiger partial charge in [0.15, 0.2) is 10.6 Å². The third kappa shape index (κ3) is 5.27. The van der Waals surface area contributed by atoms with Gasteiger partial charge in [0.2, 0.25) is 15.9 Å². The van der Waals surface area contributed by atoms with Crippen LogP contribution in [-0.4, -0.2) is 46.5 Å². The molecule has 0 saturated carbocycles. The van der Waals surface area contributed by atoms with Crippen molar-refractivity contribution >= 4 is 28.1 Å². The number of aromatic amines is 1. The zero-order valence-corrected chi connectivity index (χ0v) is 18.1. The maximum Gasteiger partial charge on any atom is 0.243 e. The van der Waals surface area contributed by atoms with Gasteiger partial charge in [-0.2, -0.15) is 9.40 Å². The monoisotopic (exact) mass is 425 g/mol. The first-order valence-electron chi connectivity index (χ1n) is 9.33. The van der Waals surface area contributed by atoms with Gasteiger partial charge in [-0.25, -0.2) is 8.42 Å². The molecule has 1 heterocycles. The summed E-state index contributed by atoms with van der Waals surface area (Å²) in [6.45, 7) is 7.44. The smallest absolute Gasteiger partial charge is 0.243 e. The molecule has 0 saturated heterocycles. The average Bonchev–Trinajstić information content (AvgIpc) is 3.05. The second-order valence-electron chi connectivity index (χ2n) is 6.20. The number of hydrogen-bond donors (Lipinski definition) is 2. The van der Waals surface area contributed by atoms with Crippen molar-refractivity contribution in [1.82, 2.24) is 24.4 Å². The van der Waals surface area contributed by atoms with Crippen molar-refractivity contribution in [1.29, 1.82) is 0 Å². The molecule has 1 aromatic heterocycles. The van der Waals surface area contributed by atoms with Gasteiger partial charge in [-0.3, -0.25) is 9.89 Å². The zero-order valence-electron chi connectivity index (χ0n) is 16.4. The third-order valence-electron chi connectivity index (χ3n) is 4.50. The Hall–Kier alpha value is -2.04. The van der Waals surface area contributed by atoms with Crippen LogP contribution < -0.4 is 5.32 Å². The lowest BCUT2D eigenvalue weighted by atomic mass is 10.1. The molecular weight excluding hydrogens is 398 g/mol. The van der Waals surface area contributed by atoms with Gasteiger partial charge in [-0.05, 0) is 43.3 Å². The molecule has 0 aliphatic carbocycles. The molecule has 0 radical (unpaired) electrons.